The Kier molecular flexibility index (Phi) is 5.79. The van der Waals surface area contributed by atoms with Gasteiger partial charge in [-0.15, -0.1) is 0 Å². The Hall–Kier alpha value is -3.53. The van der Waals surface area contributed by atoms with E-state index in [-0.39, 0.29) is 43.5 Å². The van der Waals surface area contributed by atoms with Crippen molar-refractivity contribution in [2.45, 2.75) is 0 Å². The molecule has 0 radical (unpaired) electrons. The van der Waals surface area contributed by atoms with Crippen LogP contribution in [0.2, 0.25) is 10.0 Å². The quantitative estimate of drug-likeness (QED) is 0.182. The summed E-state index contributed by atoms with van der Waals surface area (Å²) in [5.41, 5.74) is 0.0205. The molecule has 0 saturated carbocycles. The van der Waals surface area contributed by atoms with Gasteiger partial charge in [-0.25, -0.2) is 0 Å². The molecule has 1 saturated heterocycles. The maximum absolute atomic E-state index is 13.1. The van der Waals surface area contributed by atoms with Crippen molar-refractivity contribution in [3.05, 3.63) is 86.1 Å². The van der Waals surface area contributed by atoms with Gasteiger partial charge in [-0.1, -0.05) is 35.3 Å². The fraction of sp³-hybridized carbons (Fsp3) is 0. The first-order chi connectivity index (χ1) is 15.3. The summed E-state index contributed by atoms with van der Waals surface area (Å²) < 4.78 is 5.66. The van der Waals surface area contributed by atoms with E-state index in [9.17, 15) is 19.7 Å². The van der Waals surface area contributed by atoms with E-state index in [2.05, 4.69) is 5.32 Å². The maximum Gasteiger partial charge on any atom is 0.281 e. The minimum Gasteiger partial charge on any atom is -0.456 e. The van der Waals surface area contributed by atoms with Gasteiger partial charge in [-0.3, -0.25) is 29.9 Å². The number of thiocarbonyl (C=S) groups is 1. The first kappa shape index (κ1) is 21.7. The molecule has 3 aromatic rings. The summed E-state index contributed by atoms with van der Waals surface area (Å²) in [6, 6.07) is 13.7. The number of rotatable bonds is 4. The summed E-state index contributed by atoms with van der Waals surface area (Å²) in [7, 11) is 0. The largest absolute Gasteiger partial charge is 0.456 e. The molecule has 0 aliphatic carbocycles. The average molecular weight is 488 g/mol. The Labute approximate surface area is 196 Å². The standard InChI is InChI=1S/C21H11Cl2N3O5S/c22-11-5-7-13(17(9-11)26(29)30)18-8-6-12(31-18)10-14-19(27)24-21(32)25(20(14)28)16-4-2-1-3-15(16)23/h1-10H,(H,24,27,32)/b14-10+. The van der Waals surface area contributed by atoms with Crippen molar-refractivity contribution in [3.63, 3.8) is 0 Å². The smallest absolute Gasteiger partial charge is 0.281 e. The number of nitrogens with zero attached hydrogens (tertiary/aromatic N) is 2. The number of nitro benzene ring substituents is 1. The third-order valence-electron chi connectivity index (χ3n) is 4.53. The topological polar surface area (TPSA) is 106 Å². The number of nitro groups is 1. The van der Waals surface area contributed by atoms with E-state index in [0.29, 0.717) is 5.69 Å². The lowest BCUT2D eigenvalue weighted by atomic mass is 10.1. The molecular weight excluding hydrogens is 477 g/mol. The third-order valence-corrected chi connectivity index (χ3v) is 5.37. The Morgan fingerprint density at radius 3 is 2.56 bits per heavy atom. The molecule has 32 heavy (non-hydrogen) atoms. The second kappa shape index (κ2) is 8.54. The molecule has 11 heteroatoms. The number of furan rings is 1. The molecule has 8 nitrogen and oxygen atoms in total. The average Bonchev–Trinajstić information content (AvgIpc) is 3.20. The highest BCUT2D eigenvalue weighted by Crippen LogP contribution is 2.34. The van der Waals surface area contributed by atoms with Crippen LogP contribution in [0.3, 0.4) is 0 Å². The SMILES string of the molecule is O=C1NC(=S)N(c2ccccc2Cl)C(=O)/C1=C/c1ccc(-c2ccc(Cl)cc2[N+](=O)[O-])o1. The number of amides is 2. The molecule has 160 valence electrons. The Balaban J connectivity index is 1.72. The van der Waals surface area contributed by atoms with Crippen LogP contribution in [0.15, 0.2) is 64.6 Å². The van der Waals surface area contributed by atoms with Gasteiger partial charge in [0.15, 0.2) is 5.11 Å². The van der Waals surface area contributed by atoms with Crippen molar-refractivity contribution in [3.8, 4) is 11.3 Å². The van der Waals surface area contributed by atoms with Gasteiger partial charge < -0.3 is 4.42 Å². The summed E-state index contributed by atoms with van der Waals surface area (Å²) in [4.78, 5) is 37.4. The van der Waals surface area contributed by atoms with Gasteiger partial charge in [0, 0.05) is 11.1 Å². The van der Waals surface area contributed by atoms with Crippen LogP contribution in [0, 0.1) is 10.1 Å². The highest BCUT2D eigenvalue weighted by atomic mass is 35.5. The molecule has 2 heterocycles. The second-order valence-electron chi connectivity index (χ2n) is 6.53. The van der Waals surface area contributed by atoms with Crippen molar-refractivity contribution in [1.82, 2.24) is 5.32 Å². The van der Waals surface area contributed by atoms with Gasteiger partial charge in [0.05, 0.1) is 21.2 Å². The van der Waals surface area contributed by atoms with E-state index in [1.807, 2.05) is 0 Å². The van der Waals surface area contributed by atoms with Gasteiger partial charge in [0.1, 0.15) is 17.1 Å². The normalized spacial score (nSPS) is 15.2. The first-order valence-electron chi connectivity index (χ1n) is 8.96. The minimum atomic E-state index is -0.710. The third kappa shape index (κ3) is 4.01. The zero-order chi connectivity index (χ0) is 23.0. The van der Waals surface area contributed by atoms with Crippen LogP contribution in [0.4, 0.5) is 11.4 Å². The number of anilines is 1. The van der Waals surface area contributed by atoms with Crippen LogP contribution in [0.5, 0.6) is 0 Å². The van der Waals surface area contributed by atoms with Gasteiger partial charge in [-0.2, -0.15) is 0 Å². The number of benzene rings is 2. The van der Waals surface area contributed by atoms with E-state index < -0.39 is 16.7 Å². The number of halogens is 2. The highest BCUT2D eigenvalue weighted by molar-refractivity contribution is 7.80. The molecule has 1 aromatic heterocycles. The molecule has 1 fully saturated rings. The Morgan fingerprint density at radius 1 is 1.09 bits per heavy atom. The zero-order valence-electron chi connectivity index (χ0n) is 15.9. The highest BCUT2D eigenvalue weighted by Gasteiger charge is 2.35. The van der Waals surface area contributed by atoms with E-state index in [4.69, 9.17) is 39.8 Å². The number of para-hydroxylation sites is 1. The van der Waals surface area contributed by atoms with Crippen molar-refractivity contribution in [2.75, 3.05) is 4.90 Å². The molecule has 1 aliphatic heterocycles. The number of carbonyl (C=O) groups is 2. The summed E-state index contributed by atoms with van der Waals surface area (Å²) in [5.74, 6) is -1.10. The van der Waals surface area contributed by atoms with Crippen LogP contribution in [-0.4, -0.2) is 21.9 Å². The molecule has 2 amide bonds. The van der Waals surface area contributed by atoms with Crippen LogP contribution < -0.4 is 10.2 Å². The minimum absolute atomic E-state index is 0.109. The number of hydrogen-bond acceptors (Lipinski definition) is 6. The lowest BCUT2D eigenvalue weighted by Crippen LogP contribution is -2.54. The molecule has 2 aromatic carbocycles. The molecular formula is C21H11Cl2N3O5S. The van der Waals surface area contributed by atoms with E-state index >= 15 is 0 Å². The molecule has 0 spiro atoms. The molecule has 0 unspecified atom stereocenters. The van der Waals surface area contributed by atoms with Crippen LogP contribution in [0.25, 0.3) is 17.4 Å². The van der Waals surface area contributed by atoms with Crippen molar-refractivity contribution >= 4 is 69.8 Å². The maximum atomic E-state index is 13.1. The summed E-state index contributed by atoms with van der Waals surface area (Å²) >= 11 is 17.2. The van der Waals surface area contributed by atoms with Crippen LogP contribution in [0.1, 0.15) is 5.76 Å². The van der Waals surface area contributed by atoms with E-state index in [1.54, 1.807) is 24.3 Å². The molecule has 1 N–H and O–H groups in total. The molecule has 0 atom stereocenters. The van der Waals surface area contributed by atoms with Gasteiger partial charge in [-0.05, 0) is 54.7 Å². The van der Waals surface area contributed by atoms with E-state index in [1.165, 1.54) is 36.4 Å². The van der Waals surface area contributed by atoms with Crippen LogP contribution in [-0.2, 0) is 9.59 Å². The van der Waals surface area contributed by atoms with Crippen LogP contribution >= 0.6 is 35.4 Å². The molecule has 1 aliphatic rings. The lowest BCUT2D eigenvalue weighted by Gasteiger charge is -2.29. The van der Waals surface area contributed by atoms with Crippen molar-refractivity contribution < 1.29 is 18.9 Å². The second-order valence-corrected chi connectivity index (χ2v) is 7.76. The first-order valence-corrected chi connectivity index (χ1v) is 10.1. The fourth-order valence-corrected chi connectivity index (χ4v) is 3.75. The van der Waals surface area contributed by atoms with E-state index in [0.717, 1.165) is 4.90 Å². The Bertz CT molecular complexity index is 1330. The zero-order valence-corrected chi connectivity index (χ0v) is 18.2. The summed E-state index contributed by atoms with van der Waals surface area (Å²) in [6.07, 6.45) is 1.23. The van der Waals surface area contributed by atoms with Gasteiger partial charge >= 0.3 is 0 Å². The van der Waals surface area contributed by atoms with Gasteiger partial charge in [0.2, 0.25) is 0 Å². The number of hydrogen-bond donors (Lipinski definition) is 1. The fourth-order valence-electron chi connectivity index (χ4n) is 3.09. The summed E-state index contributed by atoms with van der Waals surface area (Å²) in [6.45, 7) is 0. The monoisotopic (exact) mass is 487 g/mol. The van der Waals surface area contributed by atoms with Gasteiger partial charge in [0.25, 0.3) is 17.5 Å². The molecule has 0 bridgehead atoms. The predicted octanol–water partition coefficient (Wildman–Crippen LogP) is 4.99. The number of carbonyl (C=O) groups excluding carboxylic acids is 2. The number of nitrogens with one attached hydrogen (secondary N) is 1. The predicted molar refractivity (Wildman–Crippen MR) is 123 cm³/mol. The van der Waals surface area contributed by atoms with Crippen molar-refractivity contribution in [2.24, 2.45) is 0 Å². The molecule has 4 rings (SSSR count). The summed E-state index contributed by atoms with van der Waals surface area (Å²) in [5, 5.41) is 14.2. The Morgan fingerprint density at radius 2 is 1.84 bits per heavy atom. The lowest BCUT2D eigenvalue weighted by molar-refractivity contribution is -0.384. The van der Waals surface area contributed by atoms with Crippen molar-refractivity contribution in [1.29, 1.82) is 0 Å².